The van der Waals surface area contributed by atoms with Crippen molar-refractivity contribution in [2.45, 2.75) is 26.4 Å². The van der Waals surface area contributed by atoms with Gasteiger partial charge in [0, 0.05) is 36.7 Å². The van der Waals surface area contributed by atoms with Gasteiger partial charge in [-0.25, -0.2) is 9.18 Å². The van der Waals surface area contributed by atoms with Gasteiger partial charge >= 0.3 is 6.09 Å². The highest BCUT2D eigenvalue weighted by molar-refractivity contribution is 5.83. The Kier molecular flexibility index (Phi) is 7.10. The van der Waals surface area contributed by atoms with Gasteiger partial charge in [-0.1, -0.05) is 0 Å². The smallest absolute Gasteiger partial charge is 0.407 e. The minimum Gasteiger partial charge on any atom is -0.489 e. The van der Waals surface area contributed by atoms with Crippen LogP contribution < -0.4 is 15.0 Å². The Balaban J connectivity index is 1.56. The Morgan fingerprint density at radius 3 is 2.77 bits per heavy atom. The molecule has 1 aliphatic rings. The zero-order valence-electron chi connectivity index (χ0n) is 17.6. The number of amides is 1. The molecule has 1 amide bonds. The minimum atomic E-state index is -0.611. The lowest BCUT2D eigenvalue weighted by Crippen LogP contribution is -2.36. The van der Waals surface area contributed by atoms with Crippen LogP contribution in [0.2, 0.25) is 0 Å². The molecule has 30 heavy (non-hydrogen) atoms. The van der Waals surface area contributed by atoms with Crippen molar-refractivity contribution in [2.75, 3.05) is 44.4 Å². The number of pyridine rings is 1. The Labute approximate surface area is 175 Å². The topological polar surface area (TPSA) is 72.9 Å². The number of alkyl carbamates (subject to hydrolysis) is 1. The predicted octanol–water partition coefficient (Wildman–Crippen LogP) is 3.83. The molecule has 0 bridgehead atoms. The molecule has 0 atom stereocenters. The van der Waals surface area contributed by atoms with E-state index in [9.17, 15) is 9.18 Å². The number of rotatable bonds is 6. The molecule has 7 nitrogen and oxygen atoms in total. The average Bonchev–Trinajstić information content (AvgIpc) is 2.72. The first kappa shape index (κ1) is 21.8. The van der Waals surface area contributed by atoms with Gasteiger partial charge in [-0.05, 0) is 39.0 Å². The van der Waals surface area contributed by atoms with Crippen LogP contribution in [0.15, 0.2) is 42.4 Å². The van der Waals surface area contributed by atoms with E-state index in [0.29, 0.717) is 12.1 Å². The largest absolute Gasteiger partial charge is 0.489 e. The van der Waals surface area contributed by atoms with E-state index in [0.717, 1.165) is 42.9 Å². The zero-order chi connectivity index (χ0) is 21.6. The van der Waals surface area contributed by atoms with Crippen LogP contribution in [0.3, 0.4) is 0 Å². The summed E-state index contributed by atoms with van der Waals surface area (Å²) >= 11 is 0. The van der Waals surface area contributed by atoms with E-state index in [4.69, 9.17) is 14.2 Å². The normalized spacial score (nSPS) is 15.2. The molecular weight excluding hydrogens is 389 g/mol. The SMILES string of the molecule is CC(C)(C)OC(=O)NC/C(=C\F)COc1ccc2cc(N3CCOCC3)cnc2c1. The summed E-state index contributed by atoms with van der Waals surface area (Å²) in [5, 5.41) is 3.52. The molecule has 2 heterocycles. The minimum absolute atomic E-state index is 0.000152. The third kappa shape index (κ3) is 6.32. The fourth-order valence-corrected chi connectivity index (χ4v) is 2.97. The number of ether oxygens (including phenoxy) is 3. The van der Waals surface area contributed by atoms with Crippen molar-refractivity contribution < 1.29 is 23.4 Å². The molecule has 1 N–H and O–H groups in total. The highest BCUT2D eigenvalue weighted by Gasteiger charge is 2.16. The molecule has 0 saturated carbocycles. The number of aromatic nitrogens is 1. The quantitative estimate of drug-likeness (QED) is 0.770. The van der Waals surface area contributed by atoms with Crippen molar-refractivity contribution in [1.29, 1.82) is 0 Å². The van der Waals surface area contributed by atoms with E-state index >= 15 is 0 Å². The van der Waals surface area contributed by atoms with E-state index < -0.39 is 11.7 Å². The molecule has 8 heteroatoms. The highest BCUT2D eigenvalue weighted by Crippen LogP contribution is 2.24. The molecule has 1 aromatic carbocycles. The maximum absolute atomic E-state index is 13.2. The maximum atomic E-state index is 13.2. The monoisotopic (exact) mass is 417 g/mol. The first-order valence-corrected chi connectivity index (χ1v) is 9.94. The molecule has 0 aliphatic carbocycles. The van der Waals surface area contributed by atoms with Crippen molar-refractivity contribution in [3.63, 3.8) is 0 Å². The van der Waals surface area contributed by atoms with Crippen molar-refractivity contribution in [2.24, 2.45) is 0 Å². The van der Waals surface area contributed by atoms with Gasteiger partial charge in [0.25, 0.3) is 0 Å². The van der Waals surface area contributed by atoms with Crippen LogP contribution in [0, 0.1) is 0 Å². The molecule has 1 aromatic heterocycles. The molecule has 0 radical (unpaired) electrons. The number of hydrogen-bond donors (Lipinski definition) is 1. The molecule has 0 spiro atoms. The van der Waals surface area contributed by atoms with E-state index in [2.05, 4.69) is 21.3 Å². The number of hydrogen-bond acceptors (Lipinski definition) is 6. The van der Waals surface area contributed by atoms with Crippen LogP contribution in [-0.2, 0) is 9.47 Å². The standard InChI is InChI=1S/C22H28FN3O4/c1-22(2,3)30-21(27)25-13-16(12-23)15-29-19-5-4-17-10-18(14-24-20(17)11-19)26-6-8-28-9-7-26/h4-5,10-12,14H,6-9,13,15H2,1-3H3,(H,25,27)/b16-12+. The number of anilines is 1. The average molecular weight is 417 g/mol. The molecule has 2 aromatic rings. The number of nitrogens with zero attached hydrogens (tertiary/aromatic N) is 2. The summed E-state index contributed by atoms with van der Waals surface area (Å²) in [6.07, 6.45) is 1.67. The molecule has 3 rings (SSSR count). The summed E-state index contributed by atoms with van der Waals surface area (Å²) in [5.74, 6) is 0.575. The maximum Gasteiger partial charge on any atom is 0.407 e. The fourth-order valence-electron chi connectivity index (χ4n) is 2.97. The second-order valence-electron chi connectivity index (χ2n) is 8.06. The summed E-state index contributed by atoms with van der Waals surface area (Å²) in [7, 11) is 0. The number of halogens is 1. The van der Waals surface area contributed by atoms with Crippen LogP contribution >= 0.6 is 0 Å². The summed E-state index contributed by atoms with van der Waals surface area (Å²) in [6, 6.07) is 7.66. The van der Waals surface area contributed by atoms with Crippen LogP contribution in [0.5, 0.6) is 5.75 Å². The Bertz CT molecular complexity index is 905. The Morgan fingerprint density at radius 2 is 2.07 bits per heavy atom. The number of carbonyl (C=O) groups excluding carboxylic acids is 1. The van der Waals surface area contributed by atoms with E-state index in [-0.39, 0.29) is 18.7 Å². The number of morpholine rings is 1. The second kappa shape index (κ2) is 9.75. The van der Waals surface area contributed by atoms with E-state index in [1.165, 1.54) is 0 Å². The molecule has 1 saturated heterocycles. The Hall–Kier alpha value is -2.87. The van der Waals surface area contributed by atoms with Crippen molar-refractivity contribution in [3.05, 3.63) is 42.4 Å². The summed E-state index contributed by atoms with van der Waals surface area (Å²) < 4.78 is 29.4. The number of carbonyl (C=O) groups is 1. The zero-order valence-corrected chi connectivity index (χ0v) is 17.6. The lowest BCUT2D eigenvalue weighted by Gasteiger charge is -2.28. The van der Waals surface area contributed by atoms with Gasteiger partial charge in [-0.2, -0.15) is 0 Å². The summed E-state index contributed by atoms with van der Waals surface area (Å²) in [5.41, 5.74) is 1.54. The van der Waals surface area contributed by atoms with E-state index in [1.54, 1.807) is 20.8 Å². The first-order valence-electron chi connectivity index (χ1n) is 9.94. The van der Waals surface area contributed by atoms with Gasteiger partial charge < -0.3 is 24.4 Å². The third-order valence-corrected chi connectivity index (χ3v) is 4.45. The summed E-state index contributed by atoms with van der Waals surface area (Å²) in [4.78, 5) is 18.5. The molecule has 1 aliphatic heterocycles. The molecule has 1 fully saturated rings. The number of fused-ring (bicyclic) bond motifs is 1. The number of benzene rings is 1. The molecule has 0 unspecified atom stereocenters. The molecule has 162 valence electrons. The highest BCUT2D eigenvalue weighted by atomic mass is 19.1. The van der Waals surface area contributed by atoms with E-state index in [1.807, 2.05) is 24.4 Å². The van der Waals surface area contributed by atoms with Crippen molar-refractivity contribution >= 4 is 22.7 Å². The fraction of sp³-hybridized carbons (Fsp3) is 0.455. The molecular formula is C22H28FN3O4. The van der Waals surface area contributed by atoms with Crippen molar-refractivity contribution in [3.8, 4) is 5.75 Å². The van der Waals surface area contributed by atoms with Gasteiger partial charge in [0.15, 0.2) is 0 Å². The lowest BCUT2D eigenvalue weighted by atomic mass is 10.2. The van der Waals surface area contributed by atoms with Crippen LogP contribution in [0.1, 0.15) is 20.8 Å². The predicted molar refractivity (Wildman–Crippen MR) is 114 cm³/mol. The van der Waals surface area contributed by atoms with Crippen LogP contribution in [-0.4, -0.2) is 56.1 Å². The lowest BCUT2D eigenvalue weighted by molar-refractivity contribution is 0.0531. The Morgan fingerprint density at radius 1 is 1.30 bits per heavy atom. The summed E-state index contributed by atoms with van der Waals surface area (Å²) in [6.45, 7) is 8.44. The van der Waals surface area contributed by atoms with Gasteiger partial charge in [0.2, 0.25) is 0 Å². The second-order valence-corrected chi connectivity index (χ2v) is 8.06. The van der Waals surface area contributed by atoms with Gasteiger partial charge in [-0.15, -0.1) is 0 Å². The van der Waals surface area contributed by atoms with Gasteiger partial charge in [0.1, 0.15) is 18.0 Å². The number of nitrogens with one attached hydrogen (secondary N) is 1. The van der Waals surface area contributed by atoms with Gasteiger partial charge in [0.05, 0.1) is 36.9 Å². The third-order valence-electron chi connectivity index (χ3n) is 4.45. The first-order chi connectivity index (χ1) is 14.3. The van der Waals surface area contributed by atoms with Crippen LogP contribution in [0.25, 0.3) is 10.9 Å². The van der Waals surface area contributed by atoms with Gasteiger partial charge in [-0.3, -0.25) is 4.98 Å². The van der Waals surface area contributed by atoms with Crippen LogP contribution in [0.4, 0.5) is 14.9 Å². The van der Waals surface area contributed by atoms with Crippen molar-refractivity contribution in [1.82, 2.24) is 10.3 Å².